The Kier molecular flexibility index (Phi) is 7.78. The molecule has 1 saturated carbocycles. The summed E-state index contributed by atoms with van der Waals surface area (Å²) in [5, 5.41) is 12.7. The number of rotatable bonds is 11. The van der Waals surface area contributed by atoms with Crippen LogP contribution in [-0.2, 0) is 4.79 Å². The predicted octanol–water partition coefficient (Wildman–Crippen LogP) is 3.54. The first kappa shape index (κ1) is 22.8. The van der Waals surface area contributed by atoms with Crippen molar-refractivity contribution in [3.63, 3.8) is 0 Å². The fourth-order valence-corrected chi connectivity index (χ4v) is 4.61. The van der Waals surface area contributed by atoms with Crippen molar-refractivity contribution in [2.24, 2.45) is 5.92 Å². The molecule has 1 aromatic carbocycles. The van der Waals surface area contributed by atoms with E-state index in [0.29, 0.717) is 31.6 Å². The first-order valence-corrected chi connectivity index (χ1v) is 12.6. The molecule has 1 aliphatic heterocycles. The highest BCUT2D eigenvalue weighted by atomic mass is 32.2. The molecule has 1 aliphatic carbocycles. The van der Waals surface area contributed by atoms with Gasteiger partial charge in [0.15, 0.2) is 5.16 Å². The van der Waals surface area contributed by atoms with Crippen LogP contribution in [0.2, 0.25) is 0 Å². The second-order valence-corrected chi connectivity index (χ2v) is 9.39. The highest BCUT2D eigenvalue weighted by molar-refractivity contribution is 7.99. The number of piperidine rings is 1. The number of amides is 1. The molecule has 174 valence electrons. The molecule has 2 fully saturated rings. The van der Waals surface area contributed by atoms with Gasteiger partial charge in [0.1, 0.15) is 18.1 Å². The maximum atomic E-state index is 12.3. The van der Waals surface area contributed by atoms with Gasteiger partial charge in [-0.1, -0.05) is 18.7 Å². The summed E-state index contributed by atoms with van der Waals surface area (Å²) in [7, 11) is 0. The van der Waals surface area contributed by atoms with Gasteiger partial charge in [-0.25, -0.2) is 0 Å². The van der Waals surface area contributed by atoms with Crippen molar-refractivity contribution < 1.29 is 14.3 Å². The molecule has 2 aromatic rings. The number of ether oxygens (including phenoxy) is 2. The fraction of sp³-hybridized carbons (Fsp3) is 0.609. The van der Waals surface area contributed by atoms with E-state index in [-0.39, 0.29) is 5.91 Å². The highest BCUT2D eigenvalue weighted by Gasteiger charge is 2.32. The summed E-state index contributed by atoms with van der Waals surface area (Å²) >= 11 is 1.47. The van der Waals surface area contributed by atoms with Gasteiger partial charge < -0.3 is 19.7 Å². The third-order valence-corrected chi connectivity index (χ3v) is 6.73. The standard InChI is InChI=1S/C23H33N5O3S/c1-3-30-19-6-8-20(9-7-19)31-15-12-24-21(29)16-32-23-26-25-22(28(23)18-4-5-18)27-13-10-17(2)11-14-27/h6-9,17-18H,3-5,10-16H2,1-2H3,(H,24,29). The normalized spacial score (nSPS) is 16.8. The maximum absolute atomic E-state index is 12.3. The van der Waals surface area contributed by atoms with Crippen molar-refractivity contribution in [2.75, 3.05) is 43.5 Å². The minimum Gasteiger partial charge on any atom is -0.494 e. The van der Waals surface area contributed by atoms with E-state index in [1.165, 1.54) is 24.6 Å². The second kappa shape index (κ2) is 10.9. The Bertz CT molecular complexity index is 876. The van der Waals surface area contributed by atoms with E-state index in [0.717, 1.165) is 54.5 Å². The molecule has 0 radical (unpaired) electrons. The lowest BCUT2D eigenvalue weighted by atomic mass is 10.00. The van der Waals surface area contributed by atoms with Gasteiger partial charge in [-0.2, -0.15) is 0 Å². The van der Waals surface area contributed by atoms with Crippen LogP contribution >= 0.6 is 11.8 Å². The van der Waals surface area contributed by atoms with Crippen LogP contribution in [-0.4, -0.2) is 59.3 Å². The Hall–Kier alpha value is -2.42. The summed E-state index contributed by atoms with van der Waals surface area (Å²) in [6.45, 7) is 7.84. The van der Waals surface area contributed by atoms with E-state index in [1.807, 2.05) is 31.2 Å². The van der Waals surface area contributed by atoms with Crippen molar-refractivity contribution in [1.82, 2.24) is 20.1 Å². The number of carbonyl (C=O) groups excluding carboxylic acids is 1. The molecule has 8 nitrogen and oxygen atoms in total. The van der Waals surface area contributed by atoms with Crippen LogP contribution in [0.15, 0.2) is 29.4 Å². The van der Waals surface area contributed by atoms with Gasteiger partial charge in [-0.3, -0.25) is 9.36 Å². The molecule has 0 bridgehead atoms. The third-order valence-electron chi connectivity index (χ3n) is 5.79. The van der Waals surface area contributed by atoms with E-state index < -0.39 is 0 Å². The van der Waals surface area contributed by atoms with Gasteiger partial charge in [-0.05, 0) is 62.8 Å². The first-order valence-electron chi connectivity index (χ1n) is 11.6. The van der Waals surface area contributed by atoms with E-state index in [9.17, 15) is 4.79 Å². The zero-order chi connectivity index (χ0) is 22.3. The van der Waals surface area contributed by atoms with Crippen LogP contribution in [0, 0.1) is 5.92 Å². The van der Waals surface area contributed by atoms with E-state index in [4.69, 9.17) is 9.47 Å². The van der Waals surface area contributed by atoms with Crippen LogP contribution in [0.1, 0.15) is 45.6 Å². The lowest BCUT2D eigenvalue weighted by Crippen LogP contribution is -2.34. The summed E-state index contributed by atoms with van der Waals surface area (Å²) in [5.41, 5.74) is 0. The largest absolute Gasteiger partial charge is 0.494 e. The zero-order valence-electron chi connectivity index (χ0n) is 19.0. The maximum Gasteiger partial charge on any atom is 0.230 e. The number of nitrogens with zero attached hydrogens (tertiary/aromatic N) is 4. The van der Waals surface area contributed by atoms with Crippen LogP contribution in [0.25, 0.3) is 0 Å². The van der Waals surface area contributed by atoms with Crippen LogP contribution < -0.4 is 19.7 Å². The van der Waals surface area contributed by atoms with E-state index in [1.54, 1.807) is 0 Å². The summed E-state index contributed by atoms with van der Waals surface area (Å²) < 4.78 is 13.4. The molecule has 1 saturated heterocycles. The molecule has 9 heteroatoms. The molecule has 1 aromatic heterocycles. The summed E-state index contributed by atoms with van der Waals surface area (Å²) in [6.07, 6.45) is 4.72. The predicted molar refractivity (Wildman–Crippen MR) is 126 cm³/mol. The number of aromatic nitrogens is 3. The first-order chi connectivity index (χ1) is 15.6. The molecule has 1 N–H and O–H groups in total. The van der Waals surface area contributed by atoms with Gasteiger partial charge in [0.05, 0.1) is 18.9 Å². The Labute approximate surface area is 194 Å². The van der Waals surface area contributed by atoms with Gasteiger partial charge in [0.2, 0.25) is 11.9 Å². The molecule has 4 rings (SSSR count). The van der Waals surface area contributed by atoms with Crippen molar-refractivity contribution in [1.29, 1.82) is 0 Å². The van der Waals surface area contributed by atoms with Crippen molar-refractivity contribution in [3.05, 3.63) is 24.3 Å². The van der Waals surface area contributed by atoms with Gasteiger partial charge in [0, 0.05) is 19.1 Å². The second-order valence-electron chi connectivity index (χ2n) is 8.44. The van der Waals surface area contributed by atoms with Crippen molar-refractivity contribution in [2.45, 2.75) is 50.7 Å². The Morgan fingerprint density at radius 1 is 1.09 bits per heavy atom. The number of benzene rings is 1. The topological polar surface area (TPSA) is 81.5 Å². The Morgan fingerprint density at radius 3 is 2.44 bits per heavy atom. The minimum atomic E-state index is -0.0241. The lowest BCUT2D eigenvalue weighted by molar-refractivity contribution is -0.118. The molecule has 0 spiro atoms. The molecule has 2 aliphatic rings. The van der Waals surface area contributed by atoms with Crippen molar-refractivity contribution >= 4 is 23.6 Å². The van der Waals surface area contributed by atoms with Crippen LogP contribution in [0.5, 0.6) is 11.5 Å². The number of thioether (sulfide) groups is 1. The minimum absolute atomic E-state index is 0.0241. The molecular formula is C23H33N5O3S. The average Bonchev–Trinajstić information content (AvgIpc) is 3.56. The zero-order valence-corrected chi connectivity index (χ0v) is 19.8. The van der Waals surface area contributed by atoms with E-state index >= 15 is 0 Å². The Morgan fingerprint density at radius 2 is 1.78 bits per heavy atom. The average molecular weight is 460 g/mol. The van der Waals surface area contributed by atoms with Gasteiger partial charge in [-0.15, -0.1) is 10.2 Å². The molecule has 32 heavy (non-hydrogen) atoms. The number of hydrogen-bond acceptors (Lipinski definition) is 7. The monoisotopic (exact) mass is 459 g/mol. The highest BCUT2D eigenvalue weighted by Crippen LogP contribution is 2.41. The molecule has 2 heterocycles. The number of anilines is 1. The third kappa shape index (κ3) is 6.09. The van der Waals surface area contributed by atoms with Crippen molar-refractivity contribution in [3.8, 4) is 11.5 Å². The lowest BCUT2D eigenvalue weighted by Gasteiger charge is -2.31. The number of carbonyl (C=O) groups is 1. The smallest absolute Gasteiger partial charge is 0.230 e. The van der Waals surface area contributed by atoms with Gasteiger partial charge in [0.25, 0.3) is 0 Å². The van der Waals surface area contributed by atoms with Crippen LogP contribution in [0.4, 0.5) is 5.95 Å². The number of nitrogens with one attached hydrogen (secondary N) is 1. The fourth-order valence-electron chi connectivity index (χ4n) is 3.78. The SMILES string of the molecule is CCOc1ccc(OCCNC(=O)CSc2nnc(N3CCC(C)CC3)n2C2CC2)cc1. The van der Waals surface area contributed by atoms with Gasteiger partial charge >= 0.3 is 0 Å². The summed E-state index contributed by atoms with van der Waals surface area (Å²) in [5.74, 6) is 3.64. The molecule has 1 amide bonds. The van der Waals surface area contributed by atoms with Crippen LogP contribution in [0.3, 0.4) is 0 Å². The number of hydrogen-bond donors (Lipinski definition) is 1. The molecular weight excluding hydrogens is 426 g/mol. The summed E-state index contributed by atoms with van der Waals surface area (Å²) in [6, 6.07) is 7.97. The Balaban J connectivity index is 1.21. The van der Waals surface area contributed by atoms with E-state index in [2.05, 4.69) is 31.9 Å². The summed E-state index contributed by atoms with van der Waals surface area (Å²) in [4.78, 5) is 14.7. The molecule has 0 atom stereocenters. The quantitative estimate of drug-likeness (QED) is 0.407. The molecule has 0 unspecified atom stereocenters.